The van der Waals surface area contributed by atoms with Crippen molar-refractivity contribution in [3.8, 4) is 0 Å². The molecule has 0 aliphatic heterocycles. The SMILES string of the molecule is CC(=O)N(C1CC1)C(C(=O)O)c1ccc(Br)s1. The van der Waals surface area contributed by atoms with Crippen molar-refractivity contribution >= 4 is 39.1 Å². The number of carboxylic acid groups (broad SMARTS) is 1. The molecule has 0 saturated heterocycles. The average Bonchev–Trinajstić information content (AvgIpc) is 2.97. The first-order chi connectivity index (χ1) is 8.00. The summed E-state index contributed by atoms with van der Waals surface area (Å²) < 4.78 is 0.873. The Morgan fingerprint density at radius 1 is 1.53 bits per heavy atom. The molecule has 0 aromatic carbocycles. The Balaban J connectivity index is 2.33. The van der Waals surface area contributed by atoms with E-state index in [1.165, 1.54) is 23.2 Å². The van der Waals surface area contributed by atoms with Crippen LogP contribution in [-0.4, -0.2) is 27.9 Å². The summed E-state index contributed by atoms with van der Waals surface area (Å²) in [5.41, 5.74) is 0. The first-order valence-electron chi connectivity index (χ1n) is 5.27. The summed E-state index contributed by atoms with van der Waals surface area (Å²) >= 11 is 4.67. The lowest BCUT2D eigenvalue weighted by atomic mass is 10.2. The molecule has 17 heavy (non-hydrogen) atoms. The van der Waals surface area contributed by atoms with Gasteiger partial charge < -0.3 is 10.0 Å². The van der Waals surface area contributed by atoms with Crippen LogP contribution < -0.4 is 0 Å². The molecule has 1 amide bonds. The second-order valence-electron chi connectivity index (χ2n) is 4.04. The fraction of sp³-hybridized carbons (Fsp3) is 0.455. The highest BCUT2D eigenvalue weighted by Gasteiger charge is 2.40. The number of rotatable bonds is 4. The second-order valence-corrected chi connectivity index (χ2v) is 6.53. The summed E-state index contributed by atoms with van der Waals surface area (Å²) in [6.45, 7) is 1.43. The van der Waals surface area contributed by atoms with Gasteiger partial charge in [0.25, 0.3) is 0 Å². The number of thiophene rings is 1. The van der Waals surface area contributed by atoms with Gasteiger partial charge in [0.05, 0.1) is 3.79 Å². The third kappa shape index (κ3) is 2.69. The number of carbonyl (C=O) groups excluding carboxylic acids is 1. The summed E-state index contributed by atoms with van der Waals surface area (Å²) in [4.78, 5) is 25.2. The average molecular weight is 318 g/mol. The zero-order chi connectivity index (χ0) is 12.6. The van der Waals surface area contributed by atoms with Crippen molar-refractivity contribution < 1.29 is 14.7 Å². The molecule has 1 aliphatic rings. The zero-order valence-corrected chi connectivity index (χ0v) is 11.6. The van der Waals surface area contributed by atoms with Crippen LogP contribution in [0.3, 0.4) is 0 Å². The molecule has 0 bridgehead atoms. The standard InChI is InChI=1S/C11H12BrNO3S/c1-6(14)13(7-2-3-7)10(11(15)16)8-4-5-9(12)17-8/h4-5,7,10H,2-3H2,1H3,(H,15,16). The second kappa shape index (κ2) is 4.78. The topological polar surface area (TPSA) is 57.6 Å². The zero-order valence-electron chi connectivity index (χ0n) is 9.22. The minimum absolute atomic E-state index is 0.0921. The normalized spacial score (nSPS) is 16.6. The Morgan fingerprint density at radius 3 is 2.53 bits per heavy atom. The van der Waals surface area contributed by atoms with Crippen molar-refractivity contribution in [2.45, 2.75) is 31.8 Å². The smallest absolute Gasteiger partial charge is 0.331 e. The molecule has 0 radical (unpaired) electrons. The molecule has 1 aromatic heterocycles. The number of nitrogens with zero attached hydrogens (tertiary/aromatic N) is 1. The minimum Gasteiger partial charge on any atom is -0.479 e. The van der Waals surface area contributed by atoms with Gasteiger partial charge in [0, 0.05) is 17.8 Å². The van der Waals surface area contributed by atoms with Gasteiger partial charge >= 0.3 is 5.97 Å². The molecule has 1 aliphatic carbocycles. The van der Waals surface area contributed by atoms with Crippen LogP contribution >= 0.6 is 27.3 Å². The van der Waals surface area contributed by atoms with Crippen LogP contribution in [0.25, 0.3) is 0 Å². The molecule has 1 aromatic rings. The van der Waals surface area contributed by atoms with Crippen LogP contribution in [0.1, 0.15) is 30.7 Å². The molecule has 92 valence electrons. The molecular weight excluding hydrogens is 306 g/mol. The van der Waals surface area contributed by atoms with Crippen LogP contribution in [0, 0.1) is 0 Å². The van der Waals surface area contributed by atoms with Crippen molar-refractivity contribution in [2.75, 3.05) is 0 Å². The first-order valence-corrected chi connectivity index (χ1v) is 6.88. The quantitative estimate of drug-likeness (QED) is 0.928. The lowest BCUT2D eigenvalue weighted by Crippen LogP contribution is -2.38. The highest BCUT2D eigenvalue weighted by molar-refractivity contribution is 9.11. The van der Waals surface area contributed by atoms with E-state index < -0.39 is 12.0 Å². The molecule has 1 fully saturated rings. The van der Waals surface area contributed by atoms with E-state index in [9.17, 15) is 14.7 Å². The predicted octanol–water partition coefficient (Wildman–Crippen LogP) is 2.65. The van der Waals surface area contributed by atoms with E-state index in [1.54, 1.807) is 12.1 Å². The van der Waals surface area contributed by atoms with Gasteiger partial charge in [0.15, 0.2) is 6.04 Å². The van der Waals surface area contributed by atoms with Gasteiger partial charge in [-0.3, -0.25) is 4.79 Å². The Labute approximate surface area is 111 Å². The molecule has 1 atom stereocenters. The summed E-state index contributed by atoms with van der Waals surface area (Å²) in [6.07, 6.45) is 1.80. The number of hydrogen-bond donors (Lipinski definition) is 1. The molecule has 1 heterocycles. The molecule has 0 spiro atoms. The van der Waals surface area contributed by atoms with Crippen molar-refractivity contribution in [3.63, 3.8) is 0 Å². The fourth-order valence-corrected chi connectivity index (χ4v) is 3.37. The third-order valence-electron chi connectivity index (χ3n) is 2.68. The van der Waals surface area contributed by atoms with Gasteiger partial charge in [-0.2, -0.15) is 0 Å². The number of carboxylic acids is 1. The molecule has 1 N–H and O–H groups in total. The number of aliphatic carboxylic acids is 1. The summed E-state index contributed by atoms with van der Waals surface area (Å²) in [5.74, 6) is -1.15. The third-order valence-corrected chi connectivity index (χ3v) is 4.36. The lowest BCUT2D eigenvalue weighted by Gasteiger charge is -2.27. The summed E-state index contributed by atoms with van der Waals surface area (Å²) in [6, 6.07) is 2.80. The van der Waals surface area contributed by atoms with Crippen molar-refractivity contribution in [2.24, 2.45) is 0 Å². The van der Waals surface area contributed by atoms with Gasteiger partial charge in [0.2, 0.25) is 5.91 Å². The van der Waals surface area contributed by atoms with Crippen molar-refractivity contribution in [1.29, 1.82) is 0 Å². The molecule has 1 unspecified atom stereocenters. The van der Waals surface area contributed by atoms with E-state index in [0.717, 1.165) is 16.6 Å². The van der Waals surface area contributed by atoms with Gasteiger partial charge in [-0.15, -0.1) is 11.3 Å². The van der Waals surface area contributed by atoms with E-state index in [4.69, 9.17) is 0 Å². The van der Waals surface area contributed by atoms with Crippen LogP contribution in [-0.2, 0) is 9.59 Å². The van der Waals surface area contributed by atoms with E-state index in [-0.39, 0.29) is 11.9 Å². The summed E-state index contributed by atoms with van der Waals surface area (Å²) in [5, 5.41) is 9.33. The number of halogens is 1. The molecule has 2 rings (SSSR count). The monoisotopic (exact) mass is 317 g/mol. The summed E-state index contributed by atoms with van der Waals surface area (Å²) in [7, 11) is 0. The van der Waals surface area contributed by atoms with Crippen LogP contribution in [0.5, 0.6) is 0 Å². The number of carbonyl (C=O) groups is 2. The van der Waals surface area contributed by atoms with E-state index in [2.05, 4.69) is 15.9 Å². The van der Waals surface area contributed by atoms with E-state index >= 15 is 0 Å². The van der Waals surface area contributed by atoms with Gasteiger partial charge in [-0.25, -0.2) is 4.79 Å². The van der Waals surface area contributed by atoms with Crippen molar-refractivity contribution in [3.05, 3.63) is 20.8 Å². The Bertz CT molecular complexity index is 455. The van der Waals surface area contributed by atoms with Gasteiger partial charge in [-0.05, 0) is 40.9 Å². The molecular formula is C11H12BrNO3S. The number of amides is 1. The largest absolute Gasteiger partial charge is 0.479 e. The number of hydrogen-bond acceptors (Lipinski definition) is 3. The van der Waals surface area contributed by atoms with E-state index in [0.29, 0.717) is 4.88 Å². The maximum atomic E-state index is 11.6. The van der Waals surface area contributed by atoms with Gasteiger partial charge in [-0.1, -0.05) is 0 Å². The lowest BCUT2D eigenvalue weighted by molar-refractivity contribution is -0.150. The van der Waals surface area contributed by atoms with Crippen LogP contribution in [0.15, 0.2) is 15.9 Å². The van der Waals surface area contributed by atoms with Gasteiger partial charge in [0.1, 0.15) is 0 Å². The predicted molar refractivity (Wildman–Crippen MR) is 67.9 cm³/mol. The maximum absolute atomic E-state index is 11.6. The Kier molecular flexibility index (Phi) is 3.53. The Morgan fingerprint density at radius 2 is 2.18 bits per heavy atom. The highest BCUT2D eigenvalue weighted by atomic mass is 79.9. The molecule has 4 nitrogen and oxygen atoms in total. The van der Waals surface area contributed by atoms with E-state index in [1.807, 2.05) is 0 Å². The Hall–Kier alpha value is -0.880. The highest BCUT2D eigenvalue weighted by Crippen LogP contribution is 2.38. The van der Waals surface area contributed by atoms with Crippen LogP contribution in [0.4, 0.5) is 0 Å². The molecule has 1 saturated carbocycles. The minimum atomic E-state index is -0.971. The van der Waals surface area contributed by atoms with Crippen molar-refractivity contribution in [1.82, 2.24) is 4.90 Å². The molecule has 6 heteroatoms. The van der Waals surface area contributed by atoms with Crippen LogP contribution in [0.2, 0.25) is 0 Å². The maximum Gasteiger partial charge on any atom is 0.331 e. The fourth-order valence-electron chi connectivity index (χ4n) is 1.86. The first kappa shape index (κ1) is 12.6.